The number of benzene rings is 4. The number of ether oxygens (including phenoxy) is 2. The molecule has 0 spiro atoms. The average Bonchev–Trinajstić information content (AvgIpc) is 1.58. The number of nitrogens with one attached hydrogen (secondary N) is 5. The average molecular weight is 1980 g/mol. The van der Waals surface area contributed by atoms with E-state index in [9.17, 15) is 38.4 Å². The van der Waals surface area contributed by atoms with Gasteiger partial charge >= 0.3 is 41.7 Å². The summed E-state index contributed by atoms with van der Waals surface area (Å²) in [7, 11) is 0. The first-order chi connectivity index (χ1) is 51.6. The topological polar surface area (TPSA) is 281 Å². The summed E-state index contributed by atoms with van der Waals surface area (Å²) in [5.74, 6) is 1.19. The third kappa shape index (κ3) is 36.4. The second kappa shape index (κ2) is 54.7. The molecule has 32 heteroatoms. The van der Waals surface area contributed by atoms with Crippen molar-refractivity contribution in [3.63, 3.8) is 0 Å². The molecule has 600 valence electrons. The van der Waals surface area contributed by atoms with Gasteiger partial charge in [0.2, 0.25) is 11.1 Å². The maximum atomic E-state index is 13.1. The Hall–Kier alpha value is -6.07. The molecule has 11 aromatic rings. The Morgan fingerprint density at radius 2 is 0.991 bits per heavy atom. The summed E-state index contributed by atoms with van der Waals surface area (Å²) in [6, 6.07) is 48.4. The molecule has 7 aromatic heterocycles. The molecule has 0 aliphatic heterocycles. The Balaban J connectivity index is 0.000000683. The maximum absolute atomic E-state index is 13.1. The molecule has 20 nitrogen and oxygen atoms in total. The van der Waals surface area contributed by atoms with Gasteiger partial charge < -0.3 is 30.9 Å². The van der Waals surface area contributed by atoms with Crippen LogP contribution < -0.4 is 67.3 Å². The number of aryl methyl sites for hydroxylation is 1. The molecule has 1 unspecified atom stereocenters. The zero-order chi connectivity index (χ0) is 79.3. The molecule has 5 amide bonds. The van der Waals surface area contributed by atoms with Crippen molar-refractivity contribution in [1.82, 2.24) is 29.7 Å². The van der Waals surface area contributed by atoms with Gasteiger partial charge in [0.05, 0.1) is 53.1 Å². The van der Waals surface area contributed by atoms with Crippen LogP contribution in [0.15, 0.2) is 191 Å². The molecule has 1 atom stereocenters. The smallest absolute Gasteiger partial charge is 0.870 e. The molecule has 0 saturated heterocycles. The predicted molar refractivity (Wildman–Crippen MR) is 481 cm³/mol. The number of rotatable bonds is 21. The second-order valence-electron chi connectivity index (χ2n) is 25.2. The standard InChI is InChI=1S/C17H20N2O3S.C16H13Br3N2OS.C16H18N2O2S.C16H16N2OS.C9H13NO2S.C4H7ClO.2CH4.Br2.Na.H2O/c1-17(2,3)22-16(21)19-15-13(9-10-23-15)14(20)18-11-12-7-5-4-6-8-12;1-2-10(17)14-20-15-11(12(18)13(19)23-15)16(22)21(14)8-9-6-4-3-5-7-9;1-2-6-14(19)18-16-13(9-10-21-16)15(20)17-11-12-7-4-3-5-8-12;1-2-6-14-17-15-13(9-10-20-15)16(19)18(14)11-12-7-4-3-5-8-12;1-9(2,3)12-8(11)10-7-5-4-6-13-7;1-2-3-4(5)6;;;1-2;;/h4-10H,11H2,1-3H3,(H,18,20)(H,19,21);3-7,10H,2,8H2,1H3;3-5,7-10H,2,6,11H2,1H3,(H,17,20)(H,18,19);3-5,7-10H,2,6,11H2,1H3;4-6H,1-3H3,(H,10,11);2-3H2,1H3;2*1H4;;;1H2/q;;;;;;;;;+1;/p-1. The summed E-state index contributed by atoms with van der Waals surface area (Å²) in [6.45, 7) is 20.9. The largest absolute Gasteiger partial charge is 1.00 e. The Morgan fingerprint density at radius 1 is 0.536 bits per heavy atom. The number of hydrogen-bond acceptors (Lipinski definition) is 18. The minimum Gasteiger partial charge on any atom is -0.870 e. The Kier molecular flexibility index (Phi) is 50.8. The summed E-state index contributed by atoms with van der Waals surface area (Å²) in [5.41, 5.74) is 4.23. The molecule has 0 bridgehead atoms. The zero-order valence-corrected chi connectivity index (χ0v) is 77.5. The number of aromatic nitrogens is 4. The number of alkyl halides is 1. The zero-order valence-electron chi connectivity index (χ0n) is 62.7. The van der Waals surface area contributed by atoms with E-state index in [4.69, 9.17) is 26.1 Å². The normalized spacial score (nSPS) is 10.5. The molecule has 7 heterocycles. The van der Waals surface area contributed by atoms with E-state index >= 15 is 0 Å². The third-order valence-corrected chi connectivity index (χ3v) is 22.1. The molecule has 6 N–H and O–H groups in total. The van der Waals surface area contributed by atoms with Crippen molar-refractivity contribution in [2.75, 3.05) is 16.0 Å². The number of amides is 5. The fraction of sp³-hybridized carbons (Fsp3) is 0.325. The van der Waals surface area contributed by atoms with Gasteiger partial charge in [-0.15, -0.1) is 56.7 Å². The van der Waals surface area contributed by atoms with Gasteiger partial charge in [-0.2, -0.15) is 0 Å². The van der Waals surface area contributed by atoms with Gasteiger partial charge in [0.25, 0.3) is 22.9 Å². The van der Waals surface area contributed by atoms with Gasteiger partial charge in [0, 0.05) is 60.6 Å². The predicted octanol–water partition coefficient (Wildman–Crippen LogP) is 21.2. The molecule has 0 aliphatic rings. The maximum Gasteiger partial charge on any atom is 1.00 e. The van der Waals surface area contributed by atoms with E-state index < -0.39 is 23.4 Å². The number of anilines is 3. The van der Waals surface area contributed by atoms with Crippen molar-refractivity contribution < 1.29 is 73.3 Å². The third-order valence-electron chi connectivity index (χ3n) is 14.2. The second-order valence-corrected chi connectivity index (χ2v) is 33.5. The van der Waals surface area contributed by atoms with Crippen molar-refractivity contribution in [2.45, 2.75) is 171 Å². The summed E-state index contributed by atoms with van der Waals surface area (Å²) in [4.78, 5) is 106. The Morgan fingerprint density at radius 3 is 1.42 bits per heavy atom. The fourth-order valence-electron chi connectivity index (χ4n) is 9.39. The first-order valence-electron chi connectivity index (χ1n) is 34.1. The van der Waals surface area contributed by atoms with Crippen LogP contribution in [0, 0.1) is 0 Å². The number of carbonyl (C=O) groups excluding carboxylic acids is 6. The number of nitrogens with zero attached hydrogens (tertiary/aromatic N) is 4. The van der Waals surface area contributed by atoms with Crippen molar-refractivity contribution >= 4 is 215 Å². The summed E-state index contributed by atoms with van der Waals surface area (Å²) < 4.78 is 15.5. The van der Waals surface area contributed by atoms with E-state index in [2.05, 4.69) is 121 Å². The molecular weight excluding hydrogens is 1880 g/mol. The number of carbonyl (C=O) groups is 6. The van der Waals surface area contributed by atoms with Crippen LogP contribution in [0.5, 0.6) is 0 Å². The van der Waals surface area contributed by atoms with Crippen molar-refractivity contribution in [1.29, 1.82) is 0 Å². The number of fused-ring (bicyclic) bond motifs is 2. The quantitative estimate of drug-likeness (QED) is 0.0254. The first-order valence-corrected chi connectivity index (χ1v) is 45.1. The Bertz CT molecular complexity index is 4740. The van der Waals surface area contributed by atoms with Crippen LogP contribution in [0.25, 0.3) is 20.4 Å². The van der Waals surface area contributed by atoms with Crippen LogP contribution >= 0.6 is 144 Å². The van der Waals surface area contributed by atoms with E-state index in [1.807, 2.05) is 189 Å². The van der Waals surface area contributed by atoms with Gasteiger partial charge in [-0.1, -0.05) is 180 Å². The molecule has 4 aromatic carbocycles. The summed E-state index contributed by atoms with van der Waals surface area (Å²) in [6.07, 6.45) is 4.29. The molecular formula is C80H96Br5ClN9NaO11S5. The van der Waals surface area contributed by atoms with Gasteiger partial charge in [0.15, 0.2) is 0 Å². The van der Waals surface area contributed by atoms with Crippen LogP contribution in [0.1, 0.15) is 182 Å². The van der Waals surface area contributed by atoms with Crippen LogP contribution in [-0.2, 0) is 51.7 Å². The van der Waals surface area contributed by atoms with Gasteiger partial charge in [-0.3, -0.25) is 48.5 Å². The van der Waals surface area contributed by atoms with Crippen LogP contribution in [0.3, 0.4) is 0 Å². The van der Waals surface area contributed by atoms with Crippen molar-refractivity contribution in [3.05, 3.63) is 247 Å². The first kappa shape index (κ1) is 104. The van der Waals surface area contributed by atoms with Gasteiger partial charge in [-0.25, -0.2) is 19.6 Å². The number of halogens is 6. The molecule has 0 fully saturated rings. The van der Waals surface area contributed by atoms with Gasteiger partial charge in [0.1, 0.15) is 42.5 Å². The van der Waals surface area contributed by atoms with E-state index in [1.165, 1.54) is 56.7 Å². The fourth-order valence-corrected chi connectivity index (χ4v) is 15.1. The molecule has 0 aliphatic carbocycles. The molecule has 0 saturated carbocycles. The van der Waals surface area contributed by atoms with E-state index in [0.29, 0.717) is 65.5 Å². The molecule has 112 heavy (non-hydrogen) atoms. The minimum atomic E-state index is -0.586. The monoisotopic (exact) mass is 1970 g/mol. The number of thiophene rings is 5. The SMILES string of the molecule is BrBr.C.C.CC(C)(C)OC(=O)Nc1cccs1.CC(C)(C)OC(=O)Nc1sccc1C(=O)NCc1ccccc1.CCC(Br)c1nc2sc(Br)c(Br)c2c(=O)n1Cc1ccccc1.CCCC(=O)Cl.CCCC(=O)Nc1sccc1C(=O)NCc1ccccc1.CCCc1nc2sccc2c(=O)n1Cc1ccccc1.[Na+].[OH-]. The molecule has 11 rings (SSSR count). The summed E-state index contributed by atoms with van der Waals surface area (Å²) >= 11 is 28.2. The van der Waals surface area contributed by atoms with Crippen molar-refractivity contribution in [3.8, 4) is 0 Å². The van der Waals surface area contributed by atoms with Crippen LogP contribution in [0.2, 0.25) is 0 Å². The van der Waals surface area contributed by atoms with E-state index in [1.54, 1.807) is 48.2 Å². The minimum absolute atomic E-state index is 0. The van der Waals surface area contributed by atoms with Crippen LogP contribution in [-0.4, -0.2) is 70.9 Å². The Labute approximate surface area is 744 Å². The number of hydrogen-bond donors (Lipinski definition) is 5. The van der Waals surface area contributed by atoms with Crippen LogP contribution in [0.4, 0.5) is 24.6 Å². The summed E-state index contributed by atoms with van der Waals surface area (Å²) in [5, 5.41) is 24.1. The van der Waals surface area contributed by atoms with E-state index in [0.717, 1.165) is 94.3 Å². The molecule has 0 radical (unpaired) electrons. The van der Waals surface area contributed by atoms with Gasteiger partial charge in [-0.05, 0) is 185 Å². The van der Waals surface area contributed by atoms with E-state index in [-0.39, 0.29) is 88.8 Å². The van der Waals surface area contributed by atoms with Crippen molar-refractivity contribution in [2.24, 2.45) is 0 Å².